The Balaban J connectivity index is 1.43. The van der Waals surface area contributed by atoms with E-state index in [0.29, 0.717) is 33.4 Å². The molecule has 8 heteroatoms. The molecule has 4 rings (SSSR count). The van der Waals surface area contributed by atoms with Gasteiger partial charge in [-0.3, -0.25) is 9.59 Å². The van der Waals surface area contributed by atoms with Crippen molar-refractivity contribution in [1.29, 1.82) is 0 Å². The predicted octanol–water partition coefficient (Wildman–Crippen LogP) is 3.85. The number of ether oxygens (including phenoxy) is 1. The second-order valence-corrected chi connectivity index (χ2v) is 7.20. The summed E-state index contributed by atoms with van der Waals surface area (Å²) in [6.45, 7) is 1.67. The van der Waals surface area contributed by atoms with Crippen LogP contribution in [0.25, 0.3) is 10.6 Å². The smallest absolute Gasteiger partial charge is 0.265 e. The van der Waals surface area contributed by atoms with Crippen LogP contribution >= 0.6 is 11.3 Å². The van der Waals surface area contributed by atoms with Gasteiger partial charge in [0.1, 0.15) is 16.6 Å². The highest BCUT2D eigenvalue weighted by atomic mass is 32.1. The average molecular weight is 397 g/mol. The Bertz CT molecular complexity index is 1070. The molecular formula is C20H16FN3O3S. The molecule has 0 fully saturated rings. The highest BCUT2D eigenvalue weighted by Crippen LogP contribution is 2.32. The maximum absolute atomic E-state index is 13.4. The minimum Gasteiger partial charge on any atom is -0.479 e. The number of carbonyl (C=O) groups is 2. The van der Waals surface area contributed by atoms with Crippen LogP contribution in [-0.4, -0.2) is 22.9 Å². The van der Waals surface area contributed by atoms with Gasteiger partial charge in [0.15, 0.2) is 6.10 Å². The summed E-state index contributed by atoms with van der Waals surface area (Å²) < 4.78 is 18.8. The number of aromatic nitrogens is 1. The van der Waals surface area contributed by atoms with E-state index in [0.717, 1.165) is 0 Å². The third-order valence-electron chi connectivity index (χ3n) is 4.16. The molecule has 1 aliphatic heterocycles. The van der Waals surface area contributed by atoms with Gasteiger partial charge in [-0.25, -0.2) is 9.37 Å². The second kappa shape index (κ2) is 7.40. The van der Waals surface area contributed by atoms with Crippen molar-refractivity contribution in [2.24, 2.45) is 0 Å². The zero-order chi connectivity index (χ0) is 19.7. The van der Waals surface area contributed by atoms with Crippen LogP contribution in [0.3, 0.4) is 0 Å². The summed E-state index contributed by atoms with van der Waals surface area (Å²) >= 11 is 1.36. The summed E-state index contributed by atoms with van der Waals surface area (Å²) in [5, 5.41) is 7.96. The Morgan fingerprint density at radius 3 is 3.00 bits per heavy atom. The van der Waals surface area contributed by atoms with Crippen LogP contribution in [0.4, 0.5) is 15.8 Å². The van der Waals surface area contributed by atoms with Crippen LogP contribution < -0.4 is 15.4 Å². The fourth-order valence-electron chi connectivity index (χ4n) is 2.80. The molecule has 2 N–H and O–H groups in total. The predicted molar refractivity (Wildman–Crippen MR) is 105 cm³/mol. The van der Waals surface area contributed by atoms with Crippen LogP contribution in [-0.2, 0) is 16.0 Å². The lowest BCUT2D eigenvalue weighted by molar-refractivity contribution is -0.122. The van der Waals surface area contributed by atoms with Crippen molar-refractivity contribution in [2.75, 3.05) is 10.6 Å². The molecule has 0 radical (unpaired) electrons. The average Bonchev–Trinajstić information content (AvgIpc) is 3.11. The molecule has 3 aromatic rings. The van der Waals surface area contributed by atoms with Gasteiger partial charge in [-0.2, -0.15) is 0 Å². The second-order valence-electron chi connectivity index (χ2n) is 6.34. The highest BCUT2D eigenvalue weighted by Gasteiger charge is 2.23. The first-order valence-electron chi connectivity index (χ1n) is 8.60. The van der Waals surface area contributed by atoms with Gasteiger partial charge in [0.25, 0.3) is 5.91 Å². The fraction of sp³-hybridized carbons (Fsp3) is 0.150. The lowest BCUT2D eigenvalue weighted by Gasteiger charge is -2.23. The van der Waals surface area contributed by atoms with Crippen LogP contribution in [0.5, 0.6) is 5.75 Å². The van der Waals surface area contributed by atoms with Crippen molar-refractivity contribution in [2.45, 2.75) is 19.4 Å². The Morgan fingerprint density at radius 1 is 1.32 bits per heavy atom. The van der Waals surface area contributed by atoms with Crippen molar-refractivity contribution >= 4 is 34.5 Å². The number of rotatable bonds is 4. The van der Waals surface area contributed by atoms with E-state index >= 15 is 0 Å². The number of nitrogens with one attached hydrogen (secondary N) is 2. The van der Waals surface area contributed by atoms with Gasteiger partial charge in [0.05, 0.1) is 17.8 Å². The number of halogens is 1. The molecule has 2 heterocycles. The van der Waals surface area contributed by atoms with E-state index < -0.39 is 6.10 Å². The van der Waals surface area contributed by atoms with Gasteiger partial charge in [-0.05, 0) is 37.3 Å². The minimum atomic E-state index is -0.551. The standard InChI is InChI=1S/C20H16FN3O3S/c1-11-19(26)24-16-8-14(5-6-17(16)27-11)22-18(25)9-15-10-28-20(23-15)12-3-2-4-13(21)7-12/h2-8,10-11H,9H2,1H3,(H,22,25)(H,24,26). The summed E-state index contributed by atoms with van der Waals surface area (Å²) in [6.07, 6.45) is -0.465. The molecule has 2 aromatic carbocycles. The molecular weight excluding hydrogens is 381 g/mol. The molecule has 0 saturated heterocycles. The van der Waals surface area contributed by atoms with Crippen molar-refractivity contribution in [3.8, 4) is 16.3 Å². The molecule has 6 nitrogen and oxygen atoms in total. The van der Waals surface area contributed by atoms with Crippen LogP contribution in [0, 0.1) is 5.82 Å². The third-order valence-corrected chi connectivity index (χ3v) is 5.10. The zero-order valence-electron chi connectivity index (χ0n) is 14.9. The fourth-order valence-corrected chi connectivity index (χ4v) is 3.62. The van der Waals surface area contributed by atoms with Gasteiger partial charge in [0.2, 0.25) is 5.91 Å². The molecule has 0 spiro atoms. The van der Waals surface area contributed by atoms with Crippen LogP contribution in [0.15, 0.2) is 47.8 Å². The lowest BCUT2D eigenvalue weighted by atomic mass is 10.2. The molecule has 1 aromatic heterocycles. The summed E-state index contributed by atoms with van der Waals surface area (Å²) in [4.78, 5) is 28.5. The molecule has 142 valence electrons. The summed E-state index contributed by atoms with van der Waals surface area (Å²) in [5.74, 6) is -0.245. The molecule has 1 atom stereocenters. The van der Waals surface area contributed by atoms with E-state index in [4.69, 9.17) is 4.74 Å². The molecule has 1 unspecified atom stereocenters. The first kappa shape index (κ1) is 18.1. The number of benzene rings is 2. The van der Waals surface area contributed by atoms with E-state index in [1.165, 1.54) is 23.5 Å². The molecule has 28 heavy (non-hydrogen) atoms. The number of fused-ring (bicyclic) bond motifs is 1. The highest BCUT2D eigenvalue weighted by molar-refractivity contribution is 7.13. The number of carbonyl (C=O) groups excluding carboxylic acids is 2. The Hall–Kier alpha value is -3.26. The molecule has 1 aliphatic rings. The first-order chi connectivity index (χ1) is 13.5. The Kier molecular flexibility index (Phi) is 4.79. The van der Waals surface area contributed by atoms with E-state index in [-0.39, 0.29) is 24.1 Å². The summed E-state index contributed by atoms with van der Waals surface area (Å²) in [6, 6.07) is 11.2. The SMILES string of the molecule is CC1Oc2ccc(NC(=O)Cc3csc(-c4cccc(F)c4)n3)cc2NC1=O. The van der Waals surface area contributed by atoms with E-state index in [2.05, 4.69) is 15.6 Å². The number of hydrogen-bond acceptors (Lipinski definition) is 5. The van der Waals surface area contributed by atoms with Gasteiger partial charge in [0, 0.05) is 16.6 Å². The van der Waals surface area contributed by atoms with Crippen molar-refractivity contribution in [3.05, 3.63) is 59.4 Å². The zero-order valence-corrected chi connectivity index (χ0v) is 15.7. The van der Waals surface area contributed by atoms with Gasteiger partial charge in [-0.1, -0.05) is 12.1 Å². The largest absolute Gasteiger partial charge is 0.479 e. The van der Waals surface area contributed by atoms with Crippen molar-refractivity contribution in [1.82, 2.24) is 4.98 Å². The summed E-state index contributed by atoms with van der Waals surface area (Å²) in [7, 11) is 0. The van der Waals surface area contributed by atoms with Gasteiger partial charge < -0.3 is 15.4 Å². The van der Waals surface area contributed by atoms with Gasteiger partial charge in [-0.15, -0.1) is 11.3 Å². The number of hydrogen-bond donors (Lipinski definition) is 2. The number of anilines is 2. The maximum Gasteiger partial charge on any atom is 0.265 e. The monoisotopic (exact) mass is 397 g/mol. The van der Waals surface area contributed by atoms with E-state index in [1.54, 1.807) is 42.6 Å². The maximum atomic E-state index is 13.4. The Morgan fingerprint density at radius 2 is 2.18 bits per heavy atom. The first-order valence-corrected chi connectivity index (χ1v) is 9.47. The Labute approximate surface area is 164 Å². The molecule has 2 amide bonds. The molecule has 0 bridgehead atoms. The topological polar surface area (TPSA) is 80.3 Å². The van der Waals surface area contributed by atoms with Gasteiger partial charge >= 0.3 is 0 Å². The number of thiazole rings is 1. The summed E-state index contributed by atoms with van der Waals surface area (Å²) in [5.41, 5.74) is 2.34. The normalized spacial score (nSPS) is 15.4. The van der Waals surface area contributed by atoms with Crippen LogP contribution in [0.2, 0.25) is 0 Å². The minimum absolute atomic E-state index is 0.0861. The van der Waals surface area contributed by atoms with Crippen molar-refractivity contribution in [3.63, 3.8) is 0 Å². The van der Waals surface area contributed by atoms with E-state index in [9.17, 15) is 14.0 Å². The van der Waals surface area contributed by atoms with Crippen molar-refractivity contribution < 1.29 is 18.7 Å². The van der Waals surface area contributed by atoms with E-state index in [1.807, 2.05) is 0 Å². The quantitative estimate of drug-likeness (QED) is 0.701. The number of nitrogens with zero attached hydrogens (tertiary/aromatic N) is 1. The molecule has 0 aliphatic carbocycles. The third kappa shape index (κ3) is 3.86. The lowest BCUT2D eigenvalue weighted by Crippen LogP contribution is -2.34. The molecule has 0 saturated carbocycles. The van der Waals surface area contributed by atoms with Crippen LogP contribution in [0.1, 0.15) is 12.6 Å². The number of amides is 2.